The third-order valence-electron chi connectivity index (χ3n) is 2.24. The summed E-state index contributed by atoms with van der Waals surface area (Å²) in [5.74, 6) is -0.793. The number of aromatic nitrogens is 1. The summed E-state index contributed by atoms with van der Waals surface area (Å²) in [6.45, 7) is 1.09. The summed E-state index contributed by atoms with van der Waals surface area (Å²) >= 11 is 0. The minimum absolute atomic E-state index is 0.130. The zero-order valence-corrected chi connectivity index (χ0v) is 8.64. The van der Waals surface area contributed by atoms with Gasteiger partial charge in [-0.25, -0.2) is 4.98 Å². The van der Waals surface area contributed by atoms with Crippen LogP contribution >= 0.6 is 0 Å². The quantitative estimate of drug-likeness (QED) is 0.745. The Hall–Kier alpha value is -1.88. The Bertz CT molecular complexity index is 493. The first-order chi connectivity index (χ1) is 7.75. The van der Waals surface area contributed by atoms with E-state index < -0.39 is 5.97 Å². The first-order valence-electron chi connectivity index (χ1n) is 5.00. The van der Waals surface area contributed by atoms with Crippen LogP contribution in [0.3, 0.4) is 0 Å². The molecule has 0 aliphatic carbocycles. The topological polar surface area (TPSA) is 75.4 Å². The number of fused-ring (bicyclic) bond motifs is 1. The molecule has 16 heavy (non-hydrogen) atoms. The number of hydrogen-bond acceptors (Lipinski definition) is 4. The molecule has 0 aliphatic heterocycles. The number of nitrogens with one attached hydrogen (secondary N) is 1. The van der Waals surface area contributed by atoms with Gasteiger partial charge in [-0.15, -0.1) is 0 Å². The number of carboxylic acids is 1. The second kappa shape index (κ2) is 4.76. The smallest absolute Gasteiger partial charge is 0.304 e. The molecule has 0 spiro atoms. The average Bonchev–Trinajstić information content (AvgIpc) is 2.71. The number of aliphatic carboxylic acids is 1. The van der Waals surface area contributed by atoms with Gasteiger partial charge in [0.15, 0.2) is 12.0 Å². The van der Waals surface area contributed by atoms with Crippen molar-refractivity contribution < 1.29 is 14.3 Å². The standard InChI is InChI=1S/C11H12N2O3/c14-11(15)3-4-12-6-8-1-2-9-10(5-8)16-7-13-9/h1-2,5,7,12H,3-4,6H2,(H,14,15). The molecule has 0 radical (unpaired) electrons. The lowest BCUT2D eigenvalue weighted by Gasteiger charge is -2.02. The van der Waals surface area contributed by atoms with Crippen LogP contribution in [0.5, 0.6) is 0 Å². The van der Waals surface area contributed by atoms with E-state index in [-0.39, 0.29) is 6.42 Å². The van der Waals surface area contributed by atoms with Crippen LogP contribution < -0.4 is 5.32 Å². The second-order valence-corrected chi connectivity index (χ2v) is 3.47. The van der Waals surface area contributed by atoms with E-state index in [4.69, 9.17) is 9.52 Å². The molecule has 0 unspecified atom stereocenters. The van der Waals surface area contributed by atoms with Gasteiger partial charge in [-0.3, -0.25) is 4.79 Å². The van der Waals surface area contributed by atoms with E-state index in [0.717, 1.165) is 16.7 Å². The molecule has 1 aromatic carbocycles. The highest BCUT2D eigenvalue weighted by atomic mass is 16.4. The van der Waals surface area contributed by atoms with Crippen molar-refractivity contribution in [2.24, 2.45) is 0 Å². The van der Waals surface area contributed by atoms with Crippen LogP contribution in [0.1, 0.15) is 12.0 Å². The van der Waals surface area contributed by atoms with Gasteiger partial charge in [0.2, 0.25) is 0 Å². The Kier molecular flexibility index (Phi) is 3.16. The lowest BCUT2D eigenvalue weighted by Crippen LogP contribution is -2.17. The Labute approximate surface area is 92.1 Å². The van der Waals surface area contributed by atoms with E-state index in [2.05, 4.69) is 10.3 Å². The molecule has 0 fully saturated rings. The monoisotopic (exact) mass is 220 g/mol. The lowest BCUT2D eigenvalue weighted by molar-refractivity contribution is -0.136. The molecular formula is C11H12N2O3. The van der Waals surface area contributed by atoms with Crippen LogP contribution in [0.25, 0.3) is 11.1 Å². The molecule has 2 rings (SSSR count). The van der Waals surface area contributed by atoms with Crippen molar-refractivity contribution in [3.8, 4) is 0 Å². The van der Waals surface area contributed by atoms with Gasteiger partial charge in [0, 0.05) is 13.1 Å². The maximum atomic E-state index is 10.3. The van der Waals surface area contributed by atoms with E-state index in [9.17, 15) is 4.79 Å². The Morgan fingerprint density at radius 3 is 3.19 bits per heavy atom. The summed E-state index contributed by atoms with van der Waals surface area (Å²) < 4.78 is 5.17. The summed E-state index contributed by atoms with van der Waals surface area (Å²) in [7, 11) is 0. The molecule has 0 amide bonds. The minimum Gasteiger partial charge on any atom is -0.481 e. The summed E-state index contributed by atoms with van der Waals surface area (Å²) in [6, 6.07) is 5.72. The minimum atomic E-state index is -0.793. The number of oxazole rings is 1. The van der Waals surface area contributed by atoms with Crippen molar-refractivity contribution in [2.45, 2.75) is 13.0 Å². The fraction of sp³-hybridized carbons (Fsp3) is 0.273. The summed E-state index contributed by atoms with van der Waals surface area (Å²) in [5, 5.41) is 11.5. The van der Waals surface area contributed by atoms with Gasteiger partial charge in [0.25, 0.3) is 0 Å². The first-order valence-corrected chi connectivity index (χ1v) is 5.00. The molecule has 0 saturated heterocycles. The molecule has 2 aromatic rings. The van der Waals surface area contributed by atoms with Crippen LogP contribution in [0.2, 0.25) is 0 Å². The van der Waals surface area contributed by atoms with Crippen LogP contribution in [-0.2, 0) is 11.3 Å². The predicted octanol–water partition coefficient (Wildman–Crippen LogP) is 1.39. The van der Waals surface area contributed by atoms with Crippen LogP contribution in [0.15, 0.2) is 29.0 Å². The molecule has 0 bridgehead atoms. The fourth-order valence-electron chi connectivity index (χ4n) is 1.44. The maximum Gasteiger partial charge on any atom is 0.304 e. The number of carbonyl (C=O) groups is 1. The molecular weight excluding hydrogens is 208 g/mol. The second-order valence-electron chi connectivity index (χ2n) is 3.47. The molecule has 1 heterocycles. The molecule has 1 aromatic heterocycles. The molecule has 0 atom stereocenters. The molecule has 0 saturated carbocycles. The zero-order chi connectivity index (χ0) is 11.4. The Balaban J connectivity index is 1.91. The Morgan fingerprint density at radius 1 is 1.50 bits per heavy atom. The third kappa shape index (κ3) is 2.58. The van der Waals surface area contributed by atoms with E-state index >= 15 is 0 Å². The number of benzene rings is 1. The van der Waals surface area contributed by atoms with Crippen LogP contribution in [0.4, 0.5) is 0 Å². The predicted molar refractivity (Wildman–Crippen MR) is 58.0 cm³/mol. The summed E-state index contributed by atoms with van der Waals surface area (Å²) in [6.07, 6.45) is 1.54. The fourth-order valence-corrected chi connectivity index (χ4v) is 1.44. The van der Waals surface area contributed by atoms with E-state index in [0.29, 0.717) is 13.1 Å². The van der Waals surface area contributed by atoms with Gasteiger partial charge in [-0.05, 0) is 17.7 Å². The first kappa shape index (κ1) is 10.6. The van der Waals surface area contributed by atoms with Crippen molar-refractivity contribution in [1.29, 1.82) is 0 Å². The van der Waals surface area contributed by atoms with Crippen molar-refractivity contribution >= 4 is 17.1 Å². The summed E-state index contributed by atoms with van der Waals surface area (Å²) in [5.41, 5.74) is 2.63. The normalized spacial score (nSPS) is 10.8. The maximum absolute atomic E-state index is 10.3. The molecule has 5 heteroatoms. The number of nitrogens with zero attached hydrogens (tertiary/aromatic N) is 1. The highest BCUT2D eigenvalue weighted by Crippen LogP contribution is 2.13. The van der Waals surface area contributed by atoms with Gasteiger partial charge in [-0.2, -0.15) is 0 Å². The van der Waals surface area contributed by atoms with E-state index in [1.54, 1.807) is 0 Å². The van der Waals surface area contributed by atoms with E-state index in [1.165, 1.54) is 6.39 Å². The van der Waals surface area contributed by atoms with Crippen molar-refractivity contribution in [3.05, 3.63) is 30.2 Å². The summed E-state index contributed by atoms with van der Waals surface area (Å²) in [4.78, 5) is 14.3. The lowest BCUT2D eigenvalue weighted by atomic mass is 10.2. The number of hydrogen-bond donors (Lipinski definition) is 2. The van der Waals surface area contributed by atoms with Gasteiger partial charge in [-0.1, -0.05) is 6.07 Å². The van der Waals surface area contributed by atoms with E-state index in [1.807, 2.05) is 18.2 Å². The average molecular weight is 220 g/mol. The van der Waals surface area contributed by atoms with Gasteiger partial charge in [0.05, 0.1) is 6.42 Å². The SMILES string of the molecule is O=C(O)CCNCc1ccc2ncoc2c1. The molecule has 2 N–H and O–H groups in total. The highest BCUT2D eigenvalue weighted by Gasteiger charge is 2.00. The highest BCUT2D eigenvalue weighted by molar-refractivity contribution is 5.72. The third-order valence-corrected chi connectivity index (χ3v) is 2.24. The van der Waals surface area contributed by atoms with Crippen LogP contribution in [-0.4, -0.2) is 22.6 Å². The number of carboxylic acid groups (broad SMARTS) is 1. The van der Waals surface area contributed by atoms with Crippen molar-refractivity contribution in [1.82, 2.24) is 10.3 Å². The molecule has 0 aliphatic rings. The van der Waals surface area contributed by atoms with Gasteiger partial charge < -0.3 is 14.8 Å². The van der Waals surface area contributed by atoms with Crippen molar-refractivity contribution in [2.75, 3.05) is 6.54 Å². The van der Waals surface area contributed by atoms with Crippen LogP contribution in [0, 0.1) is 0 Å². The number of rotatable bonds is 5. The van der Waals surface area contributed by atoms with Gasteiger partial charge >= 0.3 is 5.97 Å². The Morgan fingerprint density at radius 2 is 2.38 bits per heavy atom. The largest absolute Gasteiger partial charge is 0.481 e. The molecule has 84 valence electrons. The molecule has 5 nitrogen and oxygen atoms in total. The van der Waals surface area contributed by atoms with Crippen molar-refractivity contribution in [3.63, 3.8) is 0 Å². The zero-order valence-electron chi connectivity index (χ0n) is 8.64. The van der Waals surface area contributed by atoms with Gasteiger partial charge in [0.1, 0.15) is 5.52 Å².